The Morgan fingerprint density at radius 3 is 2.80 bits per heavy atom. The smallest absolute Gasteiger partial charge is 0.157 e. The first-order valence-electron chi connectivity index (χ1n) is 7.54. The number of thiazole rings is 1. The molecule has 20 heavy (non-hydrogen) atoms. The van der Waals surface area contributed by atoms with E-state index >= 15 is 0 Å². The van der Waals surface area contributed by atoms with Crippen molar-refractivity contribution in [3.63, 3.8) is 0 Å². The molecular weight excluding hydrogens is 286 g/mol. The number of rotatable bonds is 2. The highest BCUT2D eigenvalue weighted by Crippen LogP contribution is 2.34. The molecule has 1 aliphatic carbocycles. The lowest BCUT2D eigenvalue weighted by molar-refractivity contribution is 0.335. The monoisotopic (exact) mass is 309 g/mol. The fraction of sp³-hybridized carbons (Fsp3) is 0.733. The quantitative estimate of drug-likeness (QED) is 0.894. The number of aromatic nitrogens is 1. The Balaban J connectivity index is 1.68. The average Bonchev–Trinajstić information content (AvgIpc) is 2.78. The van der Waals surface area contributed by atoms with Gasteiger partial charge in [-0.25, -0.2) is 4.98 Å². The third-order valence-electron chi connectivity index (χ3n) is 4.26. The molecule has 110 valence electrons. The number of aliphatic imine (C=N–C) groups is 1. The van der Waals surface area contributed by atoms with Crippen LogP contribution in [0.25, 0.3) is 0 Å². The summed E-state index contributed by atoms with van der Waals surface area (Å²) < 4.78 is 0. The van der Waals surface area contributed by atoms with Crippen LogP contribution in [0.1, 0.15) is 54.2 Å². The molecule has 1 aliphatic heterocycles. The molecule has 0 radical (unpaired) electrons. The largest absolute Gasteiger partial charge is 0.358 e. The predicted octanol–water partition coefficient (Wildman–Crippen LogP) is 4.07. The van der Waals surface area contributed by atoms with Crippen molar-refractivity contribution in [3.05, 3.63) is 15.6 Å². The molecule has 2 aliphatic rings. The van der Waals surface area contributed by atoms with Gasteiger partial charge in [0.1, 0.15) is 0 Å². The van der Waals surface area contributed by atoms with Gasteiger partial charge < -0.3 is 5.32 Å². The first kappa shape index (κ1) is 14.4. The maximum Gasteiger partial charge on any atom is 0.157 e. The Bertz CT molecular complexity index is 509. The van der Waals surface area contributed by atoms with Gasteiger partial charge >= 0.3 is 0 Å². The molecule has 3 atom stereocenters. The summed E-state index contributed by atoms with van der Waals surface area (Å²) in [6.45, 7) is 6.40. The third kappa shape index (κ3) is 3.03. The van der Waals surface area contributed by atoms with Crippen LogP contribution in [0.4, 0.5) is 0 Å². The van der Waals surface area contributed by atoms with E-state index in [1.807, 2.05) is 11.8 Å². The zero-order valence-corrected chi connectivity index (χ0v) is 14.1. The summed E-state index contributed by atoms with van der Waals surface area (Å²) in [6.07, 6.45) is 5.40. The van der Waals surface area contributed by atoms with Gasteiger partial charge in [0, 0.05) is 10.6 Å². The standard InChI is InChI=1S/C15H23N3S2/c1-9-14(20-11(3)16-9)10(2)17-15-18-13-7-5-4-6-12(13)8-19-15/h10,12-13H,4-8H2,1-3H3,(H,17,18). The molecule has 2 heterocycles. The Labute approximate surface area is 129 Å². The number of nitrogens with zero attached hydrogens (tertiary/aromatic N) is 2. The summed E-state index contributed by atoms with van der Waals surface area (Å²) in [7, 11) is 0. The Morgan fingerprint density at radius 1 is 1.25 bits per heavy atom. The first-order valence-corrected chi connectivity index (χ1v) is 9.34. The molecule has 0 saturated heterocycles. The van der Waals surface area contributed by atoms with Crippen molar-refractivity contribution >= 4 is 28.3 Å². The summed E-state index contributed by atoms with van der Waals surface area (Å²) in [6, 6.07) is 0.886. The second kappa shape index (κ2) is 6.06. The van der Waals surface area contributed by atoms with Crippen molar-refractivity contribution in [1.29, 1.82) is 0 Å². The normalized spacial score (nSPS) is 27.6. The van der Waals surface area contributed by atoms with Gasteiger partial charge in [0.05, 0.1) is 22.8 Å². The minimum Gasteiger partial charge on any atom is -0.358 e. The van der Waals surface area contributed by atoms with E-state index in [9.17, 15) is 0 Å². The fourth-order valence-electron chi connectivity index (χ4n) is 3.20. The molecule has 1 aromatic rings. The van der Waals surface area contributed by atoms with Crippen molar-refractivity contribution in [2.24, 2.45) is 10.9 Å². The van der Waals surface area contributed by atoms with E-state index in [2.05, 4.69) is 31.1 Å². The summed E-state index contributed by atoms with van der Waals surface area (Å²) in [4.78, 5) is 10.8. The van der Waals surface area contributed by atoms with E-state index in [-0.39, 0.29) is 0 Å². The number of amidine groups is 1. The minimum atomic E-state index is 0.313. The maximum absolute atomic E-state index is 4.96. The number of thioether (sulfide) groups is 1. The van der Waals surface area contributed by atoms with Gasteiger partial charge in [-0.3, -0.25) is 4.99 Å². The molecule has 1 saturated carbocycles. The van der Waals surface area contributed by atoms with E-state index in [0.29, 0.717) is 12.1 Å². The van der Waals surface area contributed by atoms with Gasteiger partial charge in [-0.2, -0.15) is 0 Å². The van der Waals surface area contributed by atoms with Crippen LogP contribution < -0.4 is 5.32 Å². The van der Waals surface area contributed by atoms with Gasteiger partial charge in [0.2, 0.25) is 0 Å². The van der Waals surface area contributed by atoms with Gasteiger partial charge in [-0.15, -0.1) is 11.3 Å². The second-order valence-corrected chi connectivity index (χ2v) is 8.15. The van der Waals surface area contributed by atoms with Crippen LogP contribution in [0, 0.1) is 19.8 Å². The molecule has 0 amide bonds. The average molecular weight is 310 g/mol. The van der Waals surface area contributed by atoms with Gasteiger partial charge in [-0.05, 0) is 39.5 Å². The van der Waals surface area contributed by atoms with Crippen LogP contribution in [0.3, 0.4) is 0 Å². The molecule has 0 aromatic carbocycles. The molecule has 0 spiro atoms. The molecule has 0 bridgehead atoms. The zero-order valence-electron chi connectivity index (χ0n) is 12.5. The lowest BCUT2D eigenvalue weighted by Gasteiger charge is -2.33. The molecule has 1 aromatic heterocycles. The van der Waals surface area contributed by atoms with Crippen LogP contribution in [0.2, 0.25) is 0 Å². The SMILES string of the molecule is Cc1nc(C)c(C(C)NC2=NC3CCCCC3CS2)s1. The fourth-order valence-corrected chi connectivity index (χ4v) is 5.37. The Kier molecular flexibility index (Phi) is 4.36. The Hall–Kier alpha value is -0.550. The molecule has 3 nitrogen and oxygen atoms in total. The minimum absolute atomic E-state index is 0.313. The van der Waals surface area contributed by atoms with Crippen LogP contribution in [-0.2, 0) is 0 Å². The zero-order chi connectivity index (χ0) is 14.1. The maximum atomic E-state index is 4.96. The summed E-state index contributed by atoms with van der Waals surface area (Å²) >= 11 is 3.70. The van der Waals surface area contributed by atoms with Crippen molar-refractivity contribution in [1.82, 2.24) is 10.3 Å². The topological polar surface area (TPSA) is 37.3 Å². The van der Waals surface area contributed by atoms with Gasteiger partial charge in [-0.1, -0.05) is 24.6 Å². The van der Waals surface area contributed by atoms with E-state index < -0.39 is 0 Å². The lowest BCUT2D eigenvalue weighted by atomic mass is 9.86. The van der Waals surface area contributed by atoms with Crippen LogP contribution in [0.5, 0.6) is 0 Å². The van der Waals surface area contributed by atoms with Gasteiger partial charge in [0.15, 0.2) is 5.17 Å². The Morgan fingerprint density at radius 2 is 2.05 bits per heavy atom. The summed E-state index contributed by atoms with van der Waals surface area (Å²) in [5.74, 6) is 2.06. The first-order chi connectivity index (χ1) is 9.63. The number of hydrogen-bond acceptors (Lipinski definition) is 5. The van der Waals surface area contributed by atoms with Gasteiger partial charge in [0.25, 0.3) is 0 Å². The molecule has 5 heteroatoms. The molecule has 1 N–H and O–H groups in total. The van der Waals surface area contributed by atoms with Crippen molar-refractivity contribution in [2.75, 3.05) is 5.75 Å². The van der Waals surface area contributed by atoms with Crippen LogP contribution in [-0.4, -0.2) is 21.9 Å². The van der Waals surface area contributed by atoms with Crippen LogP contribution in [0.15, 0.2) is 4.99 Å². The lowest BCUT2D eigenvalue weighted by Crippen LogP contribution is -2.35. The van der Waals surface area contributed by atoms with E-state index in [4.69, 9.17) is 4.99 Å². The number of hydrogen-bond donors (Lipinski definition) is 1. The van der Waals surface area contributed by atoms with Crippen molar-refractivity contribution in [2.45, 2.75) is 58.5 Å². The highest BCUT2D eigenvalue weighted by atomic mass is 32.2. The highest BCUT2D eigenvalue weighted by molar-refractivity contribution is 8.13. The van der Waals surface area contributed by atoms with E-state index in [1.54, 1.807) is 11.3 Å². The number of fused-ring (bicyclic) bond motifs is 1. The molecule has 3 rings (SSSR count). The predicted molar refractivity (Wildman–Crippen MR) is 88.8 cm³/mol. The van der Waals surface area contributed by atoms with Crippen molar-refractivity contribution < 1.29 is 0 Å². The number of nitrogens with one attached hydrogen (secondary N) is 1. The van der Waals surface area contributed by atoms with E-state index in [1.165, 1.54) is 36.3 Å². The molecular formula is C15H23N3S2. The second-order valence-electron chi connectivity index (χ2n) is 5.91. The summed E-state index contributed by atoms with van der Waals surface area (Å²) in [5.41, 5.74) is 1.16. The van der Waals surface area contributed by atoms with Crippen LogP contribution >= 0.6 is 23.1 Å². The summed E-state index contributed by atoms with van der Waals surface area (Å²) in [5, 5.41) is 5.90. The number of aryl methyl sites for hydroxylation is 2. The van der Waals surface area contributed by atoms with E-state index in [0.717, 1.165) is 21.8 Å². The molecule has 1 fully saturated rings. The third-order valence-corrected chi connectivity index (χ3v) is 6.61. The molecule has 3 unspecified atom stereocenters. The highest BCUT2D eigenvalue weighted by Gasteiger charge is 2.29. The van der Waals surface area contributed by atoms with Crippen molar-refractivity contribution in [3.8, 4) is 0 Å².